The van der Waals surface area contributed by atoms with Crippen LogP contribution >= 0.6 is 24.0 Å². The fourth-order valence-electron chi connectivity index (χ4n) is 5.84. The molecule has 2 saturated heterocycles. The second-order valence-corrected chi connectivity index (χ2v) is 12.8. The summed E-state index contributed by atoms with van der Waals surface area (Å²) >= 11 is 6.79. The highest BCUT2D eigenvalue weighted by Crippen LogP contribution is 2.37. The molecule has 222 valence electrons. The maximum absolute atomic E-state index is 13.6. The first-order chi connectivity index (χ1) is 20.8. The number of hydrogen-bond donors (Lipinski definition) is 0. The molecule has 6 nitrogen and oxygen atoms in total. The van der Waals surface area contributed by atoms with E-state index < -0.39 is 0 Å². The zero-order valence-electron chi connectivity index (χ0n) is 24.5. The van der Waals surface area contributed by atoms with E-state index >= 15 is 0 Å². The van der Waals surface area contributed by atoms with E-state index in [4.69, 9.17) is 12.2 Å². The molecule has 43 heavy (non-hydrogen) atoms. The van der Waals surface area contributed by atoms with Gasteiger partial charge in [-0.05, 0) is 73.4 Å². The number of nitrogens with zero attached hydrogens (tertiary/aromatic N) is 4. The molecule has 2 aliphatic rings. The zero-order chi connectivity index (χ0) is 30.5. The molecule has 0 spiro atoms. The molecule has 5 rings (SSSR count). The van der Waals surface area contributed by atoms with Crippen LogP contribution in [0.5, 0.6) is 0 Å². The highest BCUT2D eigenvalue weighted by molar-refractivity contribution is 8.26. The number of pyridine rings is 1. The van der Waals surface area contributed by atoms with Gasteiger partial charge < -0.3 is 4.90 Å². The number of piperidine rings is 1. The molecular weight excluding hydrogens is 580 g/mol. The number of anilines is 1. The van der Waals surface area contributed by atoms with Crippen molar-refractivity contribution in [3.8, 4) is 6.07 Å². The SMILES string of the molecule is CCCCn1c(N2CCC(Cc3ccccc3)CC2)c(/C=C2/SC(=S)N(Cc3ccc(F)cc3)C2=O)c(C)c(C#N)c1=O. The van der Waals surface area contributed by atoms with Gasteiger partial charge in [-0.1, -0.05) is 79.8 Å². The normalized spacial score (nSPS) is 16.7. The van der Waals surface area contributed by atoms with Crippen LogP contribution in [-0.4, -0.2) is 32.8 Å². The summed E-state index contributed by atoms with van der Waals surface area (Å²) in [6.45, 7) is 6.16. The molecule has 1 aromatic heterocycles. The van der Waals surface area contributed by atoms with E-state index in [1.54, 1.807) is 23.6 Å². The van der Waals surface area contributed by atoms with Gasteiger partial charge in [-0.15, -0.1) is 0 Å². The Kier molecular flexibility index (Phi) is 9.79. The van der Waals surface area contributed by atoms with Crippen LogP contribution in [0.15, 0.2) is 64.3 Å². The van der Waals surface area contributed by atoms with Crippen LogP contribution in [0.1, 0.15) is 60.4 Å². The largest absolute Gasteiger partial charge is 0.357 e. The predicted octanol–water partition coefficient (Wildman–Crippen LogP) is 6.83. The van der Waals surface area contributed by atoms with Crippen LogP contribution in [0.2, 0.25) is 0 Å². The first-order valence-corrected chi connectivity index (χ1v) is 16.0. The van der Waals surface area contributed by atoms with E-state index in [0.29, 0.717) is 27.3 Å². The van der Waals surface area contributed by atoms with Crippen molar-refractivity contribution in [1.82, 2.24) is 9.47 Å². The van der Waals surface area contributed by atoms with E-state index in [0.717, 1.165) is 62.1 Å². The quantitative estimate of drug-likeness (QED) is 0.195. The van der Waals surface area contributed by atoms with E-state index in [2.05, 4.69) is 42.2 Å². The maximum atomic E-state index is 13.6. The minimum Gasteiger partial charge on any atom is -0.357 e. The van der Waals surface area contributed by atoms with Crippen molar-refractivity contribution >= 4 is 46.1 Å². The molecule has 2 fully saturated rings. The summed E-state index contributed by atoms with van der Waals surface area (Å²) in [5, 5.41) is 10.0. The van der Waals surface area contributed by atoms with Crippen LogP contribution in [0.4, 0.5) is 10.2 Å². The number of carbonyl (C=O) groups excluding carboxylic acids is 1. The minimum absolute atomic E-state index is 0.104. The summed E-state index contributed by atoms with van der Waals surface area (Å²) in [6.07, 6.45) is 6.49. The number of thiocarbonyl (C=S) groups is 1. The van der Waals surface area contributed by atoms with E-state index in [-0.39, 0.29) is 29.4 Å². The van der Waals surface area contributed by atoms with Gasteiger partial charge in [0.2, 0.25) is 0 Å². The average molecular weight is 615 g/mol. The van der Waals surface area contributed by atoms with Crippen LogP contribution in [0, 0.1) is 30.0 Å². The number of rotatable bonds is 9. The van der Waals surface area contributed by atoms with Crippen LogP contribution < -0.4 is 10.5 Å². The van der Waals surface area contributed by atoms with Crippen molar-refractivity contribution < 1.29 is 9.18 Å². The molecule has 2 aliphatic heterocycles. The van der Waals surface area contributed by atoms with Crippen LogP contribution in [0.3, 0.4) is 0 Å². The summed E-state index contributed by atoms with van der Waals surface area (Å²) < 4.78 is 15.6. The van der Waals surface area contributed by atoms with E-state index in [1.807, 2.05) is 12.1 Å². The number of nitriles is 1. The lowest BCUT2D eigenvalue weighted by Gasteiger charge is -2.36. The number of unbranched alkanes of at least 4 members (excludes halogenated alkanes) is 1. The molecule has 0 radical (unpaired) electrons. The van der Waals surface area contributed by atoms with Gasteiger partial charge in [0.05, 0.1) is 11.4 Å². The fourth-order valence-corrected chi connectivity index (χ4v) is 7.08. The Balaban J connectivity index is 1.50. The molecule has 0 bridgehead atoms. The summed E-state index contributed by atoms with van der Waals surface area (Å²) in [5.74, 6) is 0.737. The molecule has 1 amide bonds. The Labute approximate surface area is 261 Å². The van der Waals surface area contributed by atoms with Crippen LogP contribution in [0.25, 0.3) is 6.08 Å². The first kappa shape index (κ1) is 30.7. The third-order valence-electron chi connectivity index (χ3n) is 8.27. The van der Waals surface area contributed by atoms with Crippen molar-refractivity contribution in [2.45, 2.75) is 59.0 Å². The average Bonchev–Trinajstić information content (AvgIpc) is 3.27. The topological polar surface area (TPSA) is 69.3 Å². The number of thioether (sulfide) groups is 1. The Morgan fingerprint density at radius 1 is 1.07 bits per heavy atom. The second kappa shape index (κ2) is 13.7. The van der Waals surface area contributed by atoms with Gasteiger partial charge in [0.1, 0.15) is 27.6 Å². The van der Waals surface area contributed by atoms with Crippen molar-refractivity contribution in [1.29, 1.82) is 5.26 Å². The monoisotopic (exact) mass is 614 g/mol. The molecule has 9 heteroatoms. The molecule has 3 heterocycles. The first-order valence-electron chi connectivity index (χ1n) is 14.8. The maximum Gasteiger partial charge on any atom is 0.270 e. The van der Waals surface area contributed by atoms with E-state index in [1.165, 1.54) is 34.4 Å². The number of benzene rings is 2. The van der Waals surface area contributed by atoms with Gasteiger partial charge in [0.15, 0.2) is 0 Å². The van der Waals surface area contributed by atoms with Crippen LogP contribution in [-0.2, 0) is 24.3 Å². The molecule has 0 unspecified atom stereocenters. The Hall–Kier alpha value is -3.74. The van der Waals surface area contributed by atoms with Crippen molar-refractivity contribution in [2.24, 2.45) is 5.92 Å². The highest BCUT2D eigenvalue weighted by Gasteiger charge is 2.34. The van der Waals surface area contributed by atoms with Gasteiger partial charge in [-0.3, -0.25) is 19.1 Å². The van der Waals surface area contributed by atoms with Crippen molar-refractivity contribution in [3.63, 3.8) is 0 Å². The van der Waals surface area contributed by atoms with Gasteiger partial charge in [-0.2, -0.15) is 5.26 Å². The Bertz CT molecular complexity index is 1640. The van der Waals surface area contributed by atoms with Crippen molar-refractivity contribution in [2.75, 3.05) is 18.0 Å². The summed E-state index contributed by atoms with van der Waals surface area (Å²) in [5.41, 5.74) is 3.22. The van der Waals surface area contributed by atoms with Gasteiger partial charge in [0.25, 0.3) is 11.5 Å². The molecule has 0 saturated carbocycles. The third-order valence-corrected chi connectivity index (χ3v) is 9.64. The lowest BCUT2D eigenvalue weighted by atomic mass is 9.90. The van der Waals surface area contributed by atoms with Gasteiger partial charge in [-0.25, -0.2) is 4.39 Å². The number of halogens is 1. The van der Waals surface area contributed by atoms with Gasteiger partial charge in [0, 0.05) is 25.2 Å². The highest BCUT2D eigenvalue weighted by atomic mass is 32.2. The lowest BCUT2D eigenvalue weighted by molar-refractivity contribution is -0.122. The predicted molar refractivity (Wildman–Crippen MR) is 175 cm³/mol. The Morgan fingerprint density at radius 3 is 2.42 bits per heavy atom. The standard InChI is InChI=1S/C34H35FN4O2S2/c1-3-4-16-38-31(37-17-14-25(15-18-37)19-24-8-6-5-7-9-24)28(23(2)29(21-36)32(38)40)20-30-33(41)39(34(42)43-30)22-26-10-12-27(35)13-11-26/h5-13,20,25H,3-4,14-19,22H2,1-2H3/b30-20+. The number of carbonyl (C=O) groups is 1. The smallest absolute Gasteiger partial charge is 0.270 e. The van der Waals surface area contributed by atoms with E-state index in [9.17, 15) is 19.2 Å². The summed E-state index contributed by atoms with van der Waals surface area (Å²) in [4.78, 5) is 31.5. The number of aromatic nitrogens is 1. The molecule has 0 N–H and O–H groups in total. The zero-order valence-corrected chi connectivity index (χ0v) is 26.1. The number of amides is 1. The minimum atomic E-state index is -0.340. The molecular formula is C34H35FN4O2S2. The third kappa shape index (κ3) is 6.76. The molecule has 3 aromatic rings. The fraction of sp³-hybridized carbons (Fsp3) is 0.353. The summed E-state index contributed by atoms with van der Waals surface area (Å²) in [6, 6.07) is 18.7. The van der Waals surface area contributed by atoms with Gasteiger partial charge >= 0.3 is 0 Å². The Morgan fingerprint density at radius 2 is 1.77 bits per heavy atom. The summed E-state index contributed by atoms with van der Waals surface area (Å²) in [7, 11) is 0. The van der Waals surface area contributed by atoms with Crippen molar-refractivity contribution in [3.05, 3.63) is 103 Å². The molecule has 0 atom stereocenters. The lowest BCUT2D eigenvalue weighted by Crippen LogP contribution is -2.40. The number of hydrogen-bond acceptors (Lipinski definition) is 6. The second-order valence-electron chi connectivity index (χ2n) is 11.2. The molecule has 2 aromatic carbocycles. The molecule has 0 aliphatic carbocycles.